The van der Waals surface area contributed by atoms with Crippen LogP contribution in [-0.4, -0.2) is 39.7 Å². The third-order valence-electron chi connectivity index (χ3n) is 1.17. The molecule has 0 aromatic carbocycles. The molecule has 0 aliphatic heterocycles. The number of carbonyl (C=O) groups is 1. The highest BCUT2D eigenvalue weighted by Gasteiger charge is 2.05. The van der Waals surface area contributed by atoms with Crippen LogP contribution in [0.25, 0.3) is 0 Å². The Morgan fingerprint density at radius 1 is 1.57 bits per heavy atom. The summed E-state index contributed by atoms with van der Waals surface area (Å²) in [4.78, 5) is 21.2. The molecule has 0 spiro atoms. The van der Waals surface area contributed by atoms with Crippen LogP contribution in [0.1, 0.15) is 0 Å². The number of nitrogens with one attached hydrogen (secondary N) is 1. The molecule has 1 rings (SSSR count). The molecule has 0 amide bonds. The highest BCUT2D eigenvalue weighted by Crippen LogP contribution is 2.09. The molecule has 1 heterocycles. The summed E-state index contributed by atoms with van der Waals surface area (Å²) in [5.74, 6) is -0.968. The van der Waals surface area contributed by atoms with E-state index in [9.17, 15) is 4.79 Å². The fourth-order valence-corrected chi connectivity index (χ4v) is 0.809. The predicted molar refractivity (Wildman–Crippen MR) is 47.5 cm³/mol. The van der Waals surface area contributed by atoms with Gasteiger partial charge >= 0.3 is 12.0 Å². The van der Waals surface area contributed by atoms with Gasteiger partial charge in [-0.3, -0.25) is 4.79 Å². The summed E-state index contributed by atoms with van der Waals surface area (Å²) < 4.78 is 4.71. The number of hydrogen-bond donors (Lipinski definition) is 2. The molecule has 0 radical (unpaired) electrons. The molecular formula is C6H7ClN4O3. The zero-order valence-corrected chi connectivity index (χ0v) is 7.95. The Kier molecular flexibility index (Phi) is 3.41. The van der Waals surface area contributed by atoms with Gasteiger partial charge in [0.05, 0.1) is 7.11 Å². The second-order valence-electron chi connectivity index (χ2n) is 2.16. The second kappa shape index (κ2) is 4.56. The zero-order valence-electron chi connectivity index (χ0n) is 7.19. The molecule has 0 bridgehead atoms. The molecule has 76 valence electrons. The van der Waals surface area contributed by atoms with E-state index in [0.29, 0.717) is 0 Å². The van der Waals surface area contributed by atoms with Crippen LogP contribution in [0.15, 0.2) is 0 Å². The van der Waals surface area contributed by atoms with Crippen LogP contribution >= 0.6 is 11.6 Å². The van der Waals surface area contributed by atoms with Gasteiger partial charge in [0, 0.05) is 0 Å². The van der Waals surface area contributed by atoms with Crippen molar-refractivity contribution in [3.8, 4) is 6.01 Å². The minimum absolute atomic E-state index is 0.0258. The maximum Gasteiger partial charge on any atom is 0.322 e. The number of anilines is 1. The van der Waals surface area contributed by atoms with E-state index in [1.165, 1.54) is 7.11 Å². The number of carboxylic acids is 1. The largest absolute Gasteiger partial charge is 0.480 e. The van der Waals surface area contributed by atoms with Crippen molar-refractivity contribution in [2.45, 2.75) is 0 Å². The summed E-state index contributed by atoms with van der Waals surface area (Å²) in [6, 6.07) is 0.0258. The molecule has 0 fully saturated rings. The molecule has 1 aromatic rings. The van der Waals surface area contributed by atoms with Crippen LogP contribution in [0, 0.1) is 0 Å². The van der Waals surface area contributed by atoms with Crippen LogP contribution in [0.3, 0.4) is 0 Å². The van der Waals surface area contributed by atoms with Crippen LogP contribution < -0.4 is 10.1 Å². The Hall–Kier alpha value is -1.63. The van der Waals surface area contributed by atoms with Crippen LogP contribution in [0.4, 0.5) is 5.95 Å². The smallest absolute Gasteiger partial charge is 0.322 e. The van der Waals surface area contributed by atoms with Gasteiger partial charge in [0.25, 0.3) is 0 Å². The van der Waals surface area contributed by atoms with Crippen molar-refractivity contribution in [3.05, 3.63) is 5.28 Å². The topological polar surface area (TPSA) is 97.2 Å². The number of aliphatic carboxylic acids is 1. The summed E-state index contributed by atoms with van der Waals surface area (Å²) in [5, 5.41) is 10.7. The molecule has 8 heteroatoms. The first-order valence-corrected chi connectivity index (χ1v) is 3.91. The van der Waals surface area contributed by atoms with E-state index in [0.717, 1.165) is 0 Å². The van der Waals surface area contributed by atoms with Crippen molar-refractivity contribution >= 4 is 23.5 Å². The fourth-order valence-electron chi connectivity index (χ4n) is 0.657. The van der Waals surface area contributed by atoms with Crippen molar-refractivity contribution in [2.24, 2.45) is 0 Å². The maximum atomic E-state index is 10.2. The number of carboxylic acid groups (broad SMARTS) is 1. The van der Waals surface area contributed by atoms with Crippen LogP contribution in [0.5, 0.6) is 6.01 Å². The lowest BCUT2D eigenvalue weighted by Gasteiger charge is -2.02. The Labute approximate surface area is 84.1 Å². The SMILES string of the molecule is COc1nc(Cl)nc(NCC(=O)O)n1. The minimum Gasteiger partial charge on any atom is -0.480 e. The van der Waals surface area contributed by atoms with Crippen LogP contribution in [0.2, 0.25) is 5.28 Å². The predicted octanol–water partition coefficient (Wildman–Crippen LogP) is 0.0301. The average molecular weight is 219 g/mol. The summed E-state index contributed by atoms with van der Waals surface area (Å²) in [7, 11) is 1.37. The lowest BCUT2D eigenvalue weighted by molar-refractivity contribution is -0.134. The quantitative estimate of drug-likeness (QED) is 0.736. The molecule has 0 unspecified atom stereocenters. The number of halogens is 1. The van der Waals surface area contributed by atoms with Crippen molar-refractivity contribution in [1.82, 2.24) is 15.0 Å². The van der Waals surface area contributed by atoms with E-state index in [-0.39, 0.29) is 23.8 Å². The van der Waals surface area contributed by atoms with E-state index < -0.39 is 5.97 Å². The van der Waals surface area contributed by atoms with Gasteiger partial charge < -0.3 is 15.2 Å². The molecule has 0 saturated heterocycles. The van der Waals surface area contributed by atoms with E-state index in [2.05, 4.69) is 20.3 Å². The van der Waals surface area contributed by atoms with Gasteiger partial charge in [0.1, 0.15) is 6.54 Å². The van der Waals surface area contributed by atoms with Gasteiger partial charge in [0.15, 0.2) is 0 Å². The fraction of sp³-hybridized carbons (Fsp3) is 0.333. The second-order valence-corrected chi connectivity index (χ2v) is 2.50. The highest BCUT2D eigenvalue weighted by atomic mass is 35.5. The van der Waals surface area contributed by atoms with Gasteiger partial charge in [-0.2, -0.15) is 15.0 Å². The lowest BCUT2D eigenvalue weighted by Crippen LogP contribution is -2.14. The standard InChI is InChI=1S/C6H7ClN4O3/c1-14-6-10-4(7)9-5(11-6)8-2-3(12)13/h2H2,1H3,(H,12,13)(H,8,9,10,11). The summed E-state index contributed by atoms with van der Waals surface area (Å²) in [5.41, 5.74) is 0. The Bertz CT molecular complexity index is 346. The van der Waals surface area contributed by atoms with Gasteiger partial charge in [0.2, 0.25) is 11.2 Å². The first-order chi connectivity index (χ1) is 6.61. The summed E-state index contributed by atoms with van der Waals surface area (Å²) in [6.45, 7) is -0.302. The Balaban J connectivity index is 2.76. The third kappa shape index (κ3) is 3.02. The highest BCUT2D eigenvalue weighted by molar-refractivity contribution is 6.28. The molecule has 14 heavy (non-hydrogen) atoms. The Morgan fingerprint density at radius 3 is 2.86 bits per heavy atom. The lowest BCUT2D eigenvalue weighted by atomic mass is 10.6. The van der Waals surface area contributed by atoms with E-state index in [1.54, 1.807) is 0 Å². The monoisotopic (exact) mass is 218 g/mol. The first-order valence-electron chi connectivity index (χ1n) is 3.53. The molecule has 0 atom stereocenters. The Morgan fingerprint density at radius 2 is 2.29 bits per heavy atom. The maximum absolute atomic E-state index is 10.2. The van der Waals surface area contributed by atoms with Crippen molar-refractivity contribution < 1.29 is 14.6 Å². The number of ether oxygens (including phenoxy) is 1. The van der Waals surface area contributed by atoms with E-state index in [4.69, 9.17) is 21.4 Å². The van der Waals surface area contributed by atoms with Gasteiger partial charge in [-0.1, -0.05) is 0 Å². The number of nitrogens with zero attached hydrogens (tertiary/aromatic N) is 3. The molecule has 0 saturated carbocycles. The number of methoxy groups -OCH3 is 1. The molecule has 1 aromatic heterocycles. The first kappa shape index (κ1) is 10.5. The number of hydrogen-bond acceptors (Lipinski definition) is 6. The molecular weight excluding hydrogens is 212 g/mol. The number of aromatic nitrogens is 3. The average Bonchev–Trinajstić information content (AvgIpc) is 2.14. The summed E-state index contributed by atoms with van der Waals surface area (Å²) in [6.07, 6.45) is 0. The number of rotatable bonds is 4. The van der Waals surface area contributed by atoms with E-state index >= 15 is 0 Å². The normalized spacial score (nSPS) is 9.57. The van der Waals surface area contributed by atoms with Gasteiger partial charge in [-0.25, -0.2) is 0 Å². The van der Waals surface area contributed by atoms with Crippen molar-refractivity contribution in [1.29, 1.82) is 0 Å². The molecule has 0 aliphatic rings. The van der Waals surface area contributed by atoms with E-state index in [1.807, 2.05) is 0 Å². The van der Waals surface area contributed by atoms with Crippen molar-refractivity contribution in [2.75, 3.05) is 19.0 Å². The van der Waals surface area contributed by atoms with Crippen molar-refractivity contribution in [3.63, 3.8) is 0 Å². The molecule has 2 N–H and O–H groups in total. The van der Waals surface area contributed by atoms with Gasteiger partial charge in [-0.05, 0) is 11.6 Å². The third-order valence-corrected chi connectivity index (χ3v) is 1.34. The van der Waals surface area contributed by atoms with Crippen LogP contribution in [-0.2, 0) is 4.79 Å². The zero-order chi connectivity index (χ0) is 10.6. The van der Waals surface area contributed by atoms with Gasteiger partial charge in [-0.15, -0.1) is 0 Å². The summed E-state index contributed by atoms with van der Waals surface area (Å²) >= 11 is 5.51. The molecule has 0 aliphatic carbocycles. The molecule has 7 nitrogen and oxygen atoms in total. The minimum atomic E-state index is -1.03.